The first-order chi connectivity index (χ1) is 12.0. The zero-order valence-electron chi connectivity index (χ0n) is 13.9. The van der Waals surface area contributed by atoms with Gasteiger partial charge in [-0.2, -0.15) is 0 Å². The van der Waals surface area contributed by atoms with Crippen molar-refractivity contribution >= 4 is 48.7 Å². The van der Waals surface area contributed by atoms with Crippen molar-refractivity contribution in [1.29, 1.82) is 0 Å². The van der Waals surface area contributed by atoms with Gasteiger partial charge in [0.15, 0.2) is 0 Å². The first-order valence-electron chi connectivity index (χ1n) is 7.66. The Hall–Kier alpha value is -2.23. The summed E-state index contributed by atoms with van der Waals surface area (Å²) in [6, 6.07) is 11.2. The Morgan fingerprint density at radius 2 is 1.92 bits per heavy atom. The Morgan fingerprint density at radius 1 is 1.20 bits per heavy atom. The average Bonchev–Trinajstić information content (AvgIpc) is 3.06. The number of carbonyl (C=O) groups excluding carboxylic acids is 2. The Kier molecular flexibility index (Phi) is 5.17. The summed E-state index contributed by atoms with van der Waals surface area (Å²) in [6.45, 7) is 0. The van der Waals surface area contributed by atoms with Crippen LogP contribution in [0.2, 0.25) is 0 Å². The third kappa shape index (κ3) is 3.58. The van der Waals surface area contributed by atoms with Gasteiger partial charge >= 0.3 is 154 Å². The first-order valence-corrected chi connectivity index (χ1v) is 9.67. The maximum absolute atomic E-state index is 12.3. The van der Waals surface area contributed by atoms with Crippen molar-refractivity contribution in [2.24, 2.45) is 0 Å². The summed E-state index contributed by atoms with van der Waals surface area (Å²) in [4.78, 5) is 28.4. The second kappa shape index (κ2) is 7.34. The van der Waals surface area contributed by atoms with E-state index in [1.807, 2.05) is 38.9 Å². The number of fused-ring (bicyclic) bond motifs is 1. The molecule has 1 N–H and O–H groups in total. The van der Waals surface area contributed by atoms with Gasteiger partial charge in [-0.25, -0.2) is 0 Å². The second-order valence-electron chi connectivity index (χ2n) is 5.60. The number of esters is 1. The van der Waals surface area contributed by atoms with Crippen LogP contribution in [-0.4, -0.2) is 59.5 Å². The molecule has 124 valence electrons. The number of amides is 1. The van der Waals surface area contributed by atoms with Gasteiger partial charge in [0, 0.05) is 7.05 Å². The Bertz CT molecular complexity index is 952. The molecule has 0 saturated heterocycles. The molecule has 0 bridgehead atoms. The van der Waals surface area contributed by atoms with Gasteiger partial charge in [-0.15, -0.1) is 0 Å². The van der Waals surface area contributed by atoms with Crippen molar-refractivity contribution in [3.8, 4) is 0 Å². The Labute approximate surface area is 161 Å². The molecule has 0 saturated carbocycles. The zero-order chi connectivity index (χ0) is 18.0. The predicted molar refractivity (Wildman–Crippen MR) is 94.6 cm³/mol. The van der Waals surface area contributed by atoms with Gasteiger partial charge in [0.25, 0.3) is 0 Å². The number of ether oxygens (including phenoxy) is 1. The van der Waals surface area contributed by atoms with E-state index >= 15 is 0 Å². The molecular weight excluding hydrogens is 511 g/mol. The molecule has 1 amide bonds. The molecule has 3 rings (SSSR count). The van der Waals surface area contributed by atoms with Crippen LogP contribution in [0.4, 0.5) is 0 Å². The van der Waals surface area contributed by atoms with E-state index in [0.717, 1.165) is 16.3 Å². The quantitative estimate of drug-likeness (QED) is 0.414. The molecule has 1 heterocycles. The number of imidazole rings is 1. The summed E-state index contributed by atoms with van der Waals surface area (Å²) >= 11 is 0.587. The molecule has 6 nitrogen and oxygen atoms in total. The van der Waals surface area contributed by atoms with Crippen molar-refractivity contribution in [3.05, 3.63) is 65.7 Å². The Morgan fingerprint density at radius 3 is 2.56 bits per heavy atom. The van der Waals surface area contributed by atoms with Crippen LogP contribution in [0.5, 0.6) is 0 Å². The fourth-order valence-corrected chi connectivity index (χ4v) is 3.63. The zero-order valence-corrected chi connectivity index (χ0v) is 18.4. The van der Waals surface area contributed by atoms with Gasteiger partial charge < -0.3 is 0 Å². The van der Waals surface area contributed by atoms with Crippen LogP contribution in [-0.2, 0) is 9.53 Å². The van der Waals surface area contributed by atoms with E-state index in [4.69, 9.17) is 4.74 Å². The average molecular weight is 527 g/mol. The van der Waals surface area contributed by atoms with Gasteiger partial charge in [-0.05, 0) is 0 Å². The molecule has 25 heavy (non-hydrogen) atoms. The summed E-state index contributed by atoms with van der Waals surface area (Å²) in [5, 5.41) is 4.50. The molecule has 0 fully saturated rings. The molecule has 0 aliphatic carbocycles. The molecule has 3 aromatic rings. The van der Waals surface area contributed by atoms with Crippen LogP contribution >= 0.6 is 0 Å². The van der Waals surface area contributed by atoms with Crippen LogP contribution < -0.4 is 5.32 Å². The molecule has 0 radical (unpaired) electrons. The van der Waals surface area contributed by atoms with E-state index in [9.17, 15) is 9.59 Å². The van der Waals surface area contributed by atoms with E-state index in [1.54, 1.807) is 19.4 Å². The SMILES string of the molecule is CNC(=O)c1ccc2cc([C@@H](C(=O)OC)c3c[n]([Tl])cn3)ccc2c1. The number of nitrogens with zero attached hydrogens (tertiary/aromatic N) is 2. The fraction of sp³-hybridized carbons (Fsp3) is 0.167. The number of benzene rings is 2. The summed E-state index contributed by atoms with van der Waals surface area (Å²) in [5.74, 6) is -1.03. The van der Waals surface area contributed by atoms with E-state index in [0.29, 0.717) is 37.3 Å². The summed E-state index contributed by atoms with van der Waals surface area (Å²) in [5.41, 5.74) is 2.09. The van der Waals surface area contributed by atoms with E-state index in [-0.39, 0.29) is 11.9 Å². The monoisotopic (exact) mass is 527 g/mol. The van der Waals surface area contributed by atoms with Crippen molar-refractivity contribution in [2.75, 3.05) is 14.2 Å². The molecule has 0 spiro atoms. The standard InChI is InChI=1S/C18H17N3O3.Tl/c1-19-17(22)14-6-4-11-7-13(5-3-12(11)8-14)16(18(23)24-2)15-9-20-10-21-15;/h3-10,16H,1-2H3,(H2,19,20,21,22);/q;+1/p-1/t16-;/m1./s1. The fourth-order valence-electron chi connectivity index (χ4n) is 2.78. The molecule has 0 aliphatic heterocycles. The first kappa shape index (κ1) is 17.6. The topological polar surface area (TPSA) is 73.2 Å². The number of methoxy groups -OCH3 is 1. The van der Waals surface area contributed by atoms with Gasteiger partial charge in [-0.3, -0.25) is 0 Å². The van der Waals surface area contributed by atoms with Crippen molar-refractivity contribution < 1.29 is 14.3 Å². The van der Waals surface area contributed by atoms with Crippen LogP contribution in [0, 0.1) is 0 Å². The van der Waals surface area contributed by atoms with Crippen molar-refractivity contribution in [2.45, 2.75) is 5.92 Å². The van der Waals surface area contributed by atoms with Crippen LogP contribution in [0.1, 0.15) is 27.5 Å². The van der Waals surface area contributed by atoms with Gasteiger partial charge in [0.1, 0.15) is 0 Å². The summed E-state index contributed by atoms with van der Waals surface area (Å²) < 4.78 is 6.94. The third-order valence-corrected chi connectivity index (χ3v) is 5.14. The minimum absolute atomic E-state index is 0.128. The van der Waals surface area contributed by atoms with Crippen molar-refractivity contribution in [1.82, 2.24) is 12.7 Å². The van der Waals surface area contributed by atoms with Crippen molar-refractivity contribution in [3.63, 3.8) is 0 Å². The number of rotatable bonds is 4. The summed E-state index contributed by atoms with van der Waals surface area (Å²) in [6.07, 6.45) is 3.61. The van der Waals surface area contributed by atoms with Crippen LogP contribution in [0.3, 0.4) is 0 Å². The molecule has 0 aliphatic rings. The number of hydrogen-bond donors (Lipinski definition) is 1. The normalized spacial score (nSPS) is 11.9. The van der Waals surface area contributed by atoms with E-state index in [1.165, 1.54) is 7.11 Å². The predicted octanol–water partition coefficient (Wildman–Crippen LogP) is 1.63. The third-order valence-electron chi connectivity index (χ3n) is 4.04. The molecule has 2 aromatic carbocycles. The molecule has 7 heteroatoms. The second-order valence-corrected chi connectivity index (χ2v) is 7.92. The molecular formula is C18H16N3O3Tl. The van der Waals surface area contributed by atoms with Crippen LogP contribution in [0.15, 0.2) is 48.9 Å². The number of nitrogens with one attached hydrogen (secondary N) is 1. The molecule has 1 atom stereocenters. The minimum atomic E-state index is -0.562. The number of aromatic nitrogens is 2. The van der Waals surface area contributed by atoms with E-state index in [2.05, 4.69) is 10.3 Å². The maximum atomic E-state index is 12.3. The number of carbonyl (C=O) groups is 2. The number of hydrogen-bond acceptors (Lipinski definition) is 4. The van der Waals surface area contributed by atoms with Gasteiger partial charge in [0.2, 0.25) is 0 Å². The van der Waals surface area contributed by atoms with Gasteiger partial charge in [0.05, 0.1) is 0 Å². The van der Waals surface area contributed by atoms with Crippen LogP contribution in [0.25, 0.3) is 10.8 Å². The molecule has 1 aromatic heterocycles. The van der Waals surface area contributed by atoms with Gasteiger partial charge in [-0.1, -0.05) is 0 Å². The summed E-state index contributed by atoms with van der Waals surface area (Å²) in [7, 11) is 2.98. The molecule has 0 unspecified atom stereocenters. The van der Waals surface area contributed by atoms with E-state index < -0.39 is 5.92 Å². The Balaban J connectivity index is 2.06.